The molecule has 0 spiro atoms. The van der Waals surface area contributed by atoms with Gasteiger partial charge in [0, 0.05) is 38.7 Å². The van der Waals surface area contributed by atoms with E-state index in [-0.39, 0.29) is 5.91 Å². The van der Waals surface area contributed by atoms with Crippen LogP contribution in [0.2, 0.25) is 0 Å². The zero-order valence-electron chi connectivity index (χ0n) is 12.6. The van der Waals surface area contributed by atoms with Gasteiger partial charge in [0.05, 0.1) is 6.20 Å². The minimum absolute atomic E-state index is 0.167. The molecule has 1 N–H and O–H groups in total. The summed E-state index contributed by atoms with van der Waals surface area (Å²) in [6.45, 7) is 11.4. The quantitative estimate of drug-likeness (QED) is 0.891. The lowest BCUT2D eigenvalue weighted by Gasteiger charge is -2.35. The molecule has 5 heteroatoms. The zero-order valence-corrected chi connectivity index (χ0v) is 12.6. The topological polar surface area (TPSA) is 52.2 Å². The maximum atomic E-state index is 11.2. The number of carbonyl (C=O) groups is 1. The lowest BCUT2D eigenvalue weighted by atomic mass is 10.2. The van der Waals surface area contributed by atoms with Gasteiger partial charge in [-0.15, -0.1) is 0 Å². The third kappa shape index (κ3) is 4.26. The summed E-state index contributed by atoms with van der Waals surface area (Å²) in [5.41, 5.74) is 1.25. The Bertz CT molecular complexity index is 381. The number of carbonyl (C=O) groups excluding carboxylic acids is 1. The molecule has 0 unspecified atom stereocenters. The van der Waals surface area contributed by atoms with Gasteiger partial charge in [0.25, 0.3) is 0 Å². The van der Waals surface area contributed by atoms with Crippen LogP contribution in [0.4, 0.5) is 5.82 Å². The number of rotatable bonds is 2. The molecule has 0 atom stereocenters. The van der Waals surface area contributed by atoms with Crippen LogP contribution >= 0.6 is 0 Å². The van der Waals surface area contributed by atoms with Gasteiger partial charge in [-0.25, -0.2) is 0 Å². The van der Waals surface area contributed by atoms with Crippen molar-refractivity contribution in [3.05, 3.63) is 11.8 Å². The van der Waals surface area contributed by atoms with Gasteiger partial charge in [-0.2, -0.15) is 5.10 Å². The Morgan fingerprint density at radius 3 is 2.32 bits per heavy atom. The number of H-pyrrole nitrogens is 1. The molecule has 5 nitrogen and oxygen atoms in total. The van der Waals surface area contributed by atoms with Crippen molar-refractivity contribution in [3.8, 4) is 0 Å². The SMILES string of the molecule is CCC.CCc1cn[nH]c1N1CCN(C(C)=O)CC1. The van der Waals surface area contributed by atoms with Gasteiger partial charge < -0.3 is 9.80 Å². The molecule has 1 aliphatic heterocycles. The van der Waals surface area contributed by atoms with Crippen LogP contribution in [0.1, 0.15) is 39.7 Å². The lowest BCUT2D eigenvalue weighted by Crippen LogP contribution is -2.48. The van der Waals surface area contributed by atoms with E-state index >= 15 is 0 Å². The zero-order chi connectivity index (χ0) is 14.3. The number of aromatic nitrogens is 2. The fourth-order valence-electron chi connectivity index (χ4n) is 2.08. The molecular weight excluding hydrogens is 240 g/mol. The molecule has 1 fully saturated rings. The highest BCUT2D eigenvalue weighted by atomic mass is 16.2. The fraction of sp³-hybridized carbons (Fsp3) is 0.714. The highest BCUT2D eigenvalue weighted by molar-refractivity contribution is 5.73. The van der Waals surface area contributed by atoms with E-state index in [9.17, 15) is 4.79 Å². The molecular formula is C14H26N4O. The van der Waals surface area contributed by atoms with Gasteiger partial charge in [-0.3, -0.25) is 9.89 Å². The standard InChI is InChI=1S/C11H18N4O.C3H8/c1-3-10-8-12-13-11(10)15-6-4-14(5-7-15)9(2)16;1-3-2/h8H,3-7H2,1-2H3,(H,12,13);3H2,1-2H3. The van der Waals surface area contributed by atoms with Crippen LogP contribution in [0.15, 0.2) is 6.20 Å². The Balaban J connectivity index is 0.000000550. The van der Waals surface area contributed by atoms with E-state index in [2.05, 4.69) is 35.9 Å². The Morgan fingerprint density at radius 2 is 1.84 bits per heavy atom. The number of aryl methyl sites for hydroxylation is 1. The molecule has 0 aliphatic carbocycles. The second kappa shape index (κ2) is 7.81. The summed E-state index contributed by atoms with van der Waals surface area (Å²) in [6, 6.07) is 0. The fourth-order valence-corrected chi connectivity index (χ4v) is 2.08. The monoisotopic (exact) mass is 266 g/mol. The highest BCUT2D eigenvalue weighted by Crippen LogP contribution is 2.18. The Kier molecular flexibility index (Phi) is 6.39. The summed E-state index contributed by atoms with van der Waals surface area (Å²) in [5.74, 6) is 1.28. The number of nitrogens with one attached hydrogen (secondary N) is 1. The number of anilines is 1. The molecule has 0 saturated carbocycles. The summed E-state index contributed by atoms with van der Waals surface area (Å²) in [7, 11) is 0. The highest BCUT2D eigenvalue weighted by Gasteiger charge is 2.20. The van der Waals surface area contributed by atoms with Gasteiger partial charge in [0.15, 0.2) is 0 Å². The van der Waals surface area contributed by atoms with Crippen LogP contribution in [0.3, 0.4) is 0 Å². The first-order chi connectivity index (χ1) is 9.13. The van der Waals surface area contributed by atoms with E-state index in [0.29, 0.717) is 0 Å². The van der Waals surface area contributed by atoms with E-state index in [4.69, 9.17) is 0 Å². The first-order valence-corrected chi connectivity index (χ1v) is 7.16. The van der Waals surface area contributed by atoms with Crippen molar-refractivity contribution in [3.63, 3.8) is 0 Å². The van der Waals surface area contributed by atoms with Crippen molar-refractivity contribution in [1.29, 1.82) is 0 Å². The first kappa shape index (κ1) is 15.5. The van der Waals surface area contributed by atoms with Gasteiger partial charge in [-0.1, -0.05) is 27.2 Å². The number of hydrogen-bond acceptors (Lipinski definition) is 3. The summed E-state index contributed by atoms with van der Waals surface area (Å²) < 4.78 is 0. The average molecular weight is 266 g/mol. The second-order valence-corrected chi connectivity index (χ2v) is 4.80. The normalized spacial score (nSPS) is 14.9. The maximum absolute atomic E-state index is 11.2. The van der Waals surface area contributed by atoms with E-state index < -0.39 is 0 Å². The molecule has 0 aromatic carbocycles. The summed E-state index contributed by atoms with van der Waals surface area (Å²) in [4.78, 5) is 15.4. The predicted octanol–water partition coefficient (Wildman–Crippen LogP) is 2.06. The summed E-state index contributed by atoms with van der Waals surface area (Å²) >= 11 is 0. The van der Waals surface area contributed by atoms with Crippen molar-refractivity contribution in [2.24, 2.45) is 0 Å². The molecule has 0 bridgehead atoms. The van der Waals surface area contributed by atoms with Crippen LogP contribution in [0.5, 0.6) is 0 Å². The third-order valence-corrected chi connectivity index (χ3v) is 3.12. The minimum atomic E-state index is 0.167. The largest absolute Gasteiger partial charge is 0.353 e. The molecule has 1 amide bonds. The molecule has 1 aromatic heterocycles. The predicted molar refractivity (Wildman–Crippen MR) is 78.4 cm³/mol. The Morgan fingerprint density at radius 1 is 1.26 bits per heavy atom. The molecule has 1 saturated heterocycles. The first-order valence-electron chi connectivity index (χ1n) is 7.16. The molecule has 1 aromatic rings. The van der Waals surface area contributed by atoms with Gasteiger partial charge in [0.2, 0.25) is 5.91 Å². The van der Waals surface area contributed by atoms with Crippen LogP contribution < -0.4 is 4.90 Å². The van der Waals surface area contributed by atoms with Gasteiger partial charge in [0.1, 0.15) is 5.82 Å². The van der Waals surface area contributed by atoms with Gasteiger partial charge >= 0.3 is 0 Å². The van der Waals surface area contributed by atoms with E-state index in [0.717, 1.165) is 38.4 Å². The molecule has 0 radical (unpaired) electrons. The second-order valence-electron chi connectivity index (χ2n) is 4.80. The van der Waals surface area contributed by atoms with Crippen LogP contribution in [-0.2, 0) is 11.2 Å². The molecule has 2 heterocycles. The number of hydrogen-bond donors (Lipinski definition) is 1. The van der Waals surface area contributed by atoms with Crippen molar-refractivity contribution >= 4 is 11.7 Å². The number of aromatic amines is 1. The minimum Gasteiger partial charge on any atom is -0.353 e. The average Bonchev–Trinajstić information content (AvgIpc) is 2.88. The van der Waals surface area contributed by atoms with E-state index in [1.807, 2.05) is 11.1 Å². The summed E-state index contributed by atoms with van der Waals surface area (Å²) in [6.07, 6.45) is 4.12. The smallest absolute Gasteiger partial charge is 0.219 e. The van der Waals surface area contributed by atoms with Crippen molar-refractivity contribution < 1.29 is 4.79 Å². The molecule has 19 heavy (non-hydrogen) atoms. The van der Waals surface area contributed by atoms with Crippen molar-refractivity contribution in [2.75, 3.05) is 31.1 Å². The van der Waals surface area contributed by atoms with Crippen LogP contribution in [-0.4, -0.2) is 47.2 Å². The number of amides is 1. The molecule has 1 aliphatic rings. The molecule has 2 rings (SSSR count). The maximum Gasteiger partial charge on any atom is 0.219 e. The Labute approximate surface area is 116 Å². The van der Waals surface area contributed by atoms with Crippen molar-refractivity contribution in [2.45, 2.75) is 40.5 Å². The molecule has 108 valence electrons. The summed E-state index contributed by atoms with van der Waals surface area (Å²) in [5, 5.41) is 7.12. The van der Waals surface area contributed by atoms with Crippen LogP contribution in [0.25, 0.3) is 0 Å². The number of piperazine rings is 1. The van der Waals surface area contributed by atoms with E-state index in [1.165, 1.54) is 12.0 Å². The van der Waals surface area contributed by atoms with Gasteiger partial charge in [-0.05, 0) is 6.42 Å². The lowest BCUT2D eigenvalue weighted by molar-refractivity contribution is -0.129. The van der Waals surface area contributed by atoms with Crippen molar-refractivity contribution in [1.82, 2.24) is 15.1 Å². The third-order valence-electron chi connectivity index (χ3n) is 3.12. The van der Waals surface area contributed by atoms with Crippen LogP contribution in [0, 0.1) is 0 Å². The number of nitrogens with zero attached hydrogens (tertiary/aromatic N) is 3. The Hall–Kier alpha value is -1.52. The van der Waals surface area contributed by atoms with E-state index in [1.54, 1.807) is 6.92 Å².